The monoisotopic (exact) mass is 300 g/mol. The highest BCUT2D eigenvalue weighted by Crippen LogP contribution is 2.25. The molecular weight excluding hydrogens is 280 g/mol. The van der Waals surface area contributed by atoms with Crippen LogP contribution in [0.5, 0.6) is 5.75 Å². The van der Waals surface area contributed by atoms with Crippen molar-refractivity contribution in [3.63, 3.8) is 0 Å². The molecule has 0 fully saturated rings. The number of ether oxygens (including phenoxy) is 1. The maximum absolute atomic E-state index is 6.04. The summed E-state index contributed by atoms with van der Waals surface area (Å²) in [6.45, 7) is 4.09. The number of rotatable bonds is 4. The third-order valence-electron chi connectivity index (χ3n) is 3.18. The predicted molar refractivity (Wildman–Crippen MR) is 91.5 cm³/mol. The molecule has 2 aromatic carbocycles. The lowest BCUT2D eigenvalue weighted by atomic mass is 10.1. The highest BCUT2D eigenvalue weighted by atomic mass is 32.2. The first-order valence-corrected chi connectivity index (χ1v) is 7.75. The lowest BCUT2D eigenvalue weighted by molar-refractivity contribution is 0.414. The van der Waals surface area contributed by atoms with Gasteiger partial charge in [-0.2, -0.15) is 0 Å². The van der Waals surface area contributed by atoms with Gasteiger partial charge in [-0.25, -0.2) is 4.99 Å². The molecule has 0 aliphatic carbocycles. The van der Waals surface area contributed by atoms with E-state index in [1.165, 1.54) is 17.3 Å². The SMILES string of the molecule is COc1cccc(CSC(N)=Nc2c(C)cccc2C)c1. The fraction of sp³-hybridized carbons (Fsp3) is 0.235. The van der Waals surface area contributed by atoms with Gasteiger partial charge in [0.15, 0.2) is 5.17 Å². The molecule has 0 heterocycles. The van der Waals surface area contributed by atoms with Crippen LogP contribution in [0.2, 0.25) is 0 Å². The number of methoxy groups -OCH3 is 1. The van der Waals surface area contributed by atoms with Crippen molar-refractivity contribution in [2.45, 2.75) is 19.6 Å². The second kappa shape index (κ2) is 7.18. The molecule has 21 heavy (non-hydrogen) atoms. The quantitative estimate of drug-likeness (QED) is 0.680. The Morgan fingerprint density at radius 3 is 2.48 bits per heavy atom. The van der Waals surface area contributed by atoms with Crippen LogP contribution in [0.1, 0.15) is 16.7 Å². The molecule has 0 aliphatic heterocycles. The van der Waals surface area contributed by atoms with Crippen LogP contribution in [0.25, 0.3) is 0 Å². The number of aliphatic imine (C=N–C) groups is 1. The van der Waals surface area contributed by atoms with E-state index in [2.05, 4.69) is 11.1 Å². The van der Waals surface area contributed by atoms with Crippen LogP contribution in [-0.4, -0.2) is 12.3 Å². The lowest BCUT2D eigenvalue weighted by Crippen LogP contribution is -2.06. The maximum atomic E-state index is 6.04. The summed E-state index contributed by atoms with van der Waals surface area (Å²) < 4.78 is 5.22. The number of hydrogen-bond acceptors (Lipinski definition) is 3. The third kappa shape index (κ3) is 4.26. The van der Waals surface area contributed by atoms with E-state index in [0.717, 1.165) is 28.3 Å². The highest BCUT2D eigenvalue weighted by molar-refractivity contribution is 8.13. The second-order valence-electron chi connectivity index (χ2n) is 4.83. The van der Waals surface area contributed by atoms with Gasteiger partial charge in [0.2, 0.25) is 0 Å². The zero-order valence-electron chi connectivity index (χ0n) is 12.6. The van der Waals surface area contributed by atoms with E-state index in [4.69, 9.17) is 10.5 Å². The van der Waals surface area contributed by atoms with Gasteiger partial charge in [-0.1, -0.05) is 42.1 Å². The van der Waals surface area contributed by atoms with Gasteiger partial charge in [0.25, 0.3) is 0 Å². The summed E-state index contributed by atoms with van der Waals surface area (Å²) in [5.74, 6) is 1.63. The van der Waals surface area contributed by atoms with Crippen LogP contribution in [-0.2, 0) is 5.75 Å². The molecule has 0 aliphatic rings. The smallest absolute Gasteiger partial charge is 0.159 e. The first kappa shape index (κ1) is 15.4. The van der Waals surface area contributed by atoms with E-state index in [1.807, 2.05) is 50.2 Å². The molecule has 0 saturated carbocycles. The van der Waals surface area contributed by atoms with Gasteiger partial charge in [0, 0.05) is 5.75 Å². The van der Waals surface area contributed by atoms with E-state index >= 15 is 0 Å². The fourth-order valence-electron chi connectivity index (χ4n) is 2.04. The normalized spacial score (nSPS) is 11.5. The van der Waals surface area contributed by atoms with Gasteiger partial charge in [-0.3, -0.25) is 0 Å². The topological polar surface area (TPSA) is 47.6 Å². The molecule has 0 saturated heterocycles. The van der Waals surface area contributed by atoms with E-state index in [-0.39, 0.29) is 0 Å². The Morgan fingerprint density at radius 2 is 1.81 bits per heavy atom. The van der Waals surface area contributed by atoms with Gasteiger partial charge in [-0.05, 0) is 42.7 Å². The molecule has 2 aromatic rings. The Bertz CT molecular complexity index is 633. The van der Waals surface area contributed by atoms with Crippen molar-refractivity contribution < 1.29 is 4.74 Å². The van der Waals surface area contributed by atoms with Crippen molar-refractivity contribution in [3.8, 4) is 5.75 Å². The molecule has 0 atom stereocenters. The standard InChI is InChI=1S/C17H20N2OS/c1-12-6-4-7-13(2)16(12)19-17(18)21-11-14-8-5-9-15(10-14)20-3/h4-10H,11H2,1-3H3,(H2,18,19). The average Bonchev–Trinajstić information content (AvgIpc) is 2.49. The molecule has 0 aromatic heterocycles. The largest absolute Gasteiger partial charge is 0.497 e. The van der Waals surface area contributed by atoms with Crippen molar-refractivity contribution in [2.75, 3.05) is 7.11 Å². The van der Waals surface area contributed by atoms with E-state index < -0.39 is 0 Å². The van der Waals surface area contributed by atoms with E-state index in [1.54, 1.807) is 7.11 Å². The van der Waals surface area contributed by atoms with Crippen LogP contribution in [0.15, 0.2) is 47.5 Å². The zero-order chi connectivity index (χ0) is 15.2. The summed E-state index contributed by atoms with van der Waals surface area (Å²) in [6.07, 6.45) is 0. The number of nitrogens with two attached hydrogens (primary N) is 1. The van der Waals surface area contributed by atoms with E-state index in [9.17, 15) is 0 Å². The summed E-state index contributed by atoms with van der Waals surface area (Å²) in [4.78, 5) is 4.54. The fourth-order valence-corrected chi connectivity index (χ4v) is 2.69. The summed E-state index contributed by atoms with van der Waals surface area (Å²) >= 11 is 1.53. The van der Waals surface area contributed by atoms with Crippen molar-refractivity contribution >= 4 is 22.6 Å². The number of para-hydroxylation sites is 1. The number of nitrogens with zero attached hydrogens (tertiary/aromatic N) is 1. The molecule has 0 spiro atoms. The Balaban J connectivity index is 2.07. The molecular formula is C17H20N2OS. The summed E-state index contributed by atoms with van der Waals surface area (Å²) in [6, 6.07) is 14.1. The molecule has 110 valence electrons. The Labute approximate surface area is 130 Å². The molecule has 4 heteroatoms. The molecule has 0 bridgehead atoms. The Morgan fingerprint density at radius 1 is 1.14 bits per heavy atom. The van der Waals surface area contributed by atoms with Crippen molar-refractivity contribution in [3.05, 3.63) is 59.2 Å². The lowest BCUT2D eigenvalue weighted by Gasteiger charge is -2.07. The molecule has 3 nitrogen and oxygen atoms in total. The van der Waals surface area contributed by atoms with Crippen LogP contribution >= 0.6 is 11.8 Å². The number of thioether (sulfide) groups is 1. The maximum Gasteiger partial charge on any atom is 0.159 e. The number of aryl methyl sites for hydroxylation is 2. The van der Waals surface area contributed by atoms with Crippen molar-refractivity contribution in [1.29, 1.82) is 0 Å². The van der Waals surface area contributed by atoms with Gasteiger partial charge in [0.1, 0.15) is 5.75 Å². The highest BCUT2D eigenvalue weighted by Gasteiger charge is 2.03. The van der Waals surface area contributed by atoms with Crippen LogP contribution in [0, 0.1) is 13.8 Å². The number of amidine groups is 1. The zero-order valence-corrected chi connectivity index (χ0v) is 13.4. The summed E-state index contributed by atoms with van der Waals surface area (Å²) in [5, 5.41) is 0.579. The Kier molecular flexibility index (Phi) is 5.28. The molecule has 0 amide bonds. The van der Waals surface area contributed by atoms with Crippen molar-refractivity contribution in [2.24, 2.45) is 10.7 Å². The van der Waals surface area contributed by atoms with Gasteiger partial charge in [-0.15, -0.1) is 0 Å². The molecule has 2 N–H and O–H groups in total. The van der Waals surface area contributed by atoms with Crippen LogP contribution in [0.4, 0.5) is 5.69 Å². The van der Waals surface area contributed by atoms with Crippen molar-refractivity contribution in [1.82, 2.24) is 0 Å². The molecule has 2 rings (SSSR count). The predicted octanol–water partition coefficient (Wildman–Crippen LogP) is 4.19. The minimum absolute atomic E-state index is 0.579. The van der Waals surface area contributed by atoms with Gasteiger partial charge >= 0.3 is 0 Å². The molecule has 0 radical (unpaired) electrons. The van der Waals surface area contributed by atoms with E-state index in [0.29, 0.717) is 5.17 Å². The Hall–Kier alpha value is -1.94. The number of benzene rings is 2. The van der Waals surface area contributed by atoms with Crippen LogP contribution < -0.4 is 10.5 Å². The first-order valence-electron chi connectivity index (χ1n) is 6.76. The number of hydrogen-bond donors (Lipinski definition) is 1. The minimum Gasteiger partial charge on any atom is -0.497 e. The second-order valence-corrected chi connectivity index (χ2v) is 5.83. The summed E-state index contributed by atoms with van der Waals surface area (Å²) in [7, 11) is 1.67. The third-order valence-corrected chi connectivity index (χ3v) is 4.05. The average molecular weight is 300 g/mol. The first-order chi connectivity index (χ1) is 10.1. The summed E-state index contributed by atoms with van der Waals surface area (Å²) in [5.41, 5.74) is 10.5. The van der Waals surface area contributed by atoms with Crippen LogP contribution in [0.3, 0.4) is 0 Å². The molecule has 0 unspecified atom stereocenters. The van der Waals surface area contributed by atoms with Gasteiger partial charge < -0.3 is 10.5 Å². The minimum atomic E-state index is 0.579. The van der Waals surface area contributed by atoms with Gasteiger partial charge in [0.05, 0.1) is 12.8 Å².